The van der Waals surface area contributed by atoms with Gasteiger partial charge in [-0.15, -0.1) is 11.8 Å². The number of aromatic hydroxyl groups is 1. The van der Waals surface area contributed by atoms with E-state index in [0.29, 0.717) is 0 Å². The van der Waals surface area contributed by atoms with Crippen molar-refractivity contribution in [3.63, 3.8) is 0 Å². The molecule has 0 fully saturated rings. The minimum absolute atomic E-state index is 0.200. The van der Waals surface area contributed by atoms with E-state index in [9.17, 15) is 9.50 Å². The van der Waals surface area contributed by atoms with Crippen LogP contribution in [0.5, 0.6) is 5.75 Å². The summed E-state index contributed by atoms with van der Waals surface area (Å²) in [6, 6.07) is 12.0. The summed E-state index contributed by atoms with van der Waals surface area (Å²) in [7, 11) is 0. The molecule has 0 heterocycles. The molecule has 0 spiro atoms. The van der Waals surface area contributed by atoms with E-state index in [2.05, 4.69) is 0 Å². The van der Waals surface area contributed by atoms with E-state index in [0.717, 1.165) is 21.8 Å². The number of thioether (sulfide) groups is 1. The van der Waals surface area contributed by atoms with Gasteiger partial charge < -0.3 is 5.11 Å². The van der Waals surface area contributed by atoms with E-state index in [-0.39, 0.29) is 11.6 Å². The van der Waals surface area contributed by atoms with Crippen molar-refractivity contribution in [2.75, 3.05) is 0 Å². The molecule has 2 aromatic carbocycles. The molecule has 0 amide bonds. The van der Waals surface area contributed by atoms with Gasteiger partial charge in [-0.05, 0) is 48.4 Å². The quantitative estimate of drug-likeness (QED) is 0.824. The number of hydrogen-bond acceptors (Lipinski definition) is 2. The SMILES string of the molecule is Cc1cc(F)ccc1CSc1cccc(O)c1. The van der Waals surface area contributed by atoms with Crippen LogP contribution in [0.4, 0.5) is 4.39 Å². The zero-order chi connectivity index (χ0) is 12.3. The van der Waals surface area contributed by atoms with Gasteiger partial charge in [-0.2, -0.15) is 0 Å². The lowest BCUT2D eigenvalue weighted by molar-refractivity contribution is 0.474. The van der Waals surface area contributed by atoms with Crippen molar-refractivity contribution >= 4 is 11.8 Å². The van der Waals surface area contributed by atoms with E-state index in [4.69, 9.17) is 0 Å². The first kappa shape index (κ1) is 12.0. The highest BCUT2D eigenvalue weighted by molar-refractivity contribution is 7.98. The topological polar surface area (TPSA) is 20.2 Å². The van der Waals surface area contributed by atoms with Crippen molar-refractivity contribution in [2.24, 2.45) is 0 Å². The second kappa shape index (κ2) is 5.23. The first-order valence-corrected chi connectivity index (χ1v) is 6.30. The van der Waals surface area contributed by atoms with E-state index in [1.54, 1.807) is 36.0 Å². The van der Waals surface area contributed by atoms with Gasteiger partial charge in [-0.25, -0.2) is 4.39 Å². The van der Waals surface area contributed by atoms with Crippen LogP contribution in [0.1, 0.15) is 11.1 Å². The Morgan fingerprint density at radius 3 is 2.71 bits per heavy atom. The predicted molar refractivity (Wildman–Crippen MR) is 68.8 cm³/mol. The molecule has 0 unspecified atom stereocenters. The van der Waals surface area contributed by atoms with Gasteiger partial charge in [-0.3, -0.25) is 0 Å². The Morgan fingerprint density at radius 2 is 2.00 bits per heavy atom. The third-order valence-corrected chi connectivity index (χ3v) is 3.56. The summed E-state index contributed by atoms with van der Waals surface area (Å²) >= 11 is 1.63. The molecule has 1 N–H and O–H groups in total. The van der Waals surface area contributed by atoms with Crippen LogP contribution in [-0.2, 0) is 5.75 Å². The van der Waals surface area contributed by atoms with Crippen molar-refractivity contribution < 1.29 is 9.50 Å². The summed E-state index contributed by atoms with van der Waals surface area (Å²) < 4.78 is 12.9. The Bertz CT molecular complexity index is 525. The highest BCUT2D eigenvalue weighted by Gasteiger charge is 2.02. The molecule has 0 saturated heterocycles. The summed E-state index contributed by atoms with van der Waals surface area (Å²) in [6.07, 6.45) is 0. The standard InChI is InChI=1S/C14H13FOS/c1-10-7-12(15)6-5-11(10)9-17-14-4-2-3-13(16)8-14/h2-8,16H,9H2,1H3. The lowest BCUT2D eigenvalue weighted by Crippen LogP contribution is -1.87. The molecule has 2 aromatic rings. The summed E-state index contributed by atoms with van der Waals surface area (Å²) in [5.74, 6) is 0.842. The smallest absolute Gasteiger partial charge is 0.123 e. The van der Waals surface area contributed by atoms with Crippen LogP contribution in [0, 0.1) is 12.7 Å². The van der Waals surface area contributed by atoms with Crippen LogP contribution in [0.2, 0.25) is 0 Å². The average Bonchev–Trinajstić information content (AvgIpc) is 2.28. The van der Waals surface area contributed by atoms with Crippen LogP contribution in [0.3, 0.4) is 0 Å². The van der Waals surface area contributed by atoms with Gasteiger partial charge in [0, 0.05) is 10.6 Å². The van der Waals surface area contributed by atoms with Crippen molar-refractivity contribution in [2.45, 2.75) is 17.6 Å². The molecule has 0 radical (unpaired) electrons. The van der Waals surface area contributed by atoms with Gasteiger partial charge in [0.25, 0.3) is 0 Å². The number of phenols is 1. The fourth-order valence-corrected chi connectivity index (χ4v) is 2.58. The Hall–Kier alpha value is -1.48. The fraction of sp³-hybridized carbons (Fsp3) is 0.143. The molecule has 3 heteroatoms. The Kier molecular flexibility index (Phi) is 3.69. The monoisotopic (exact) mass is 248 g/mol. The second-order valence-corrected chi connectivity index (χ2v) is 4.91. The summed E-state index contributed by atoms with van der Waals surface area (Å²) in [6.45, 7) is 1.90. The molecule has 0 aliphatic rings. The highest BCUT2D eigenvalue weighted by Crippen LogP contribution is 2.26. The highest BCUT2D eigenvalue weighted by atomic mass is 32.2. The lowest BCUT2D eigenvalue weighted by atomic mass is 10.1. The maximum atomic E-state index is 12.9. The minimum Gasteiger partial charge on any atom is -0.508 e. The van der Waals surface area contributed by atoms with Gasteiger partial charge in [0.15, 0.2) is 0 Å². The summed E-state index contributed by atoms with van der Waals surface area (Å²) in [5.41, 5.74) is 2.07. The zero-order valence-corrected chi connectivity index (χ0v) is 10.3. The van der Waals surface area contributed by atoms with Crippen LogP contribution >= 0.6 is 11.8 Å². The van der Waals surface area contributed by atoms with Gasteiger partial charge in [0.05, 0.1) is 0 Å². The summed E-state index contributed by atoms with van der Waals surface area (Å²) in [4.78, 5) is 1.01. The number of aryl methyl sites for hydroxylation is 1. The average molecular weight is 248 g/mol. The molecule has 0 bridgehead atoms. The van der Waals surface area contributed by atoms with Gasteiger partial charge in [0.2, 0.25) is 0 Å². The maximum absolute atomic E-state index is 12.9. The van der Waals surface area contributed by atoms with E-state index in [1.165, 1.54) is 6.07 Å². The molecule has 2 rings (SSSR count). The number of rotatable bonds is 3. The summed E-state index contributed by atoms with van der Waals surface area (Å²) in [5, 5.41) is 9.34. The number of benzene rings is 2. The van der Waals surface area contributed by atoms with E-state index in [1.807, 2.05) is 19.1 Å². The number of halogens is 1. The van der Waals surface area contributed by atoms with E-state index < -0.39 is 0 Å². The third kappa shape index (κ3) is 3.24. The van der Waals surface area contributed by atoms with Gasteiger partial charge >= 0.3 is 0 Å². The van der Waals surface area contributed by atoms with Gasteiger partial charge in [0.1, 0.15) is 11.6 Å². The normalized spacial score (nSPS) is 10.5. The Balaban J connectivity index is 2.07. The maximum Gasteiger partial charge on any atom is 0.123 e. The second-order valence-electron chi connectivity index (χ2n) is 3.86. The number of phenolic OH excluding ortho intramolecular Hbond substituents is 1. The van der Waals surface area contributed by atoms with Crippen LogP contribution < -0.4 is 0 Å². The first-order chi connectivity index (χ1) is 8.15. The van der Waals surface area contributed by atoms with Crippen molar-refractivity contribution in [3.05, 3.63) is 59.4 Å². The lowest BCUT2D eigenvalue weighted by Gasteiger charge is -2.06. The van der Waals surface area contributed by atoms with E-state index >= 15 is 0 Å². The van der Waals surface area contributed by atoms with Crippen molar-refractivity contribution in [1.29, 1.82) is 0 Å². The molecule has 17 heavy (non-hydrogen) atoms. The molecule has 0 aromatic heterocycles. The fourth-order valence-electron chi connectivity index (χ4n) is 1.56. The van der Waals surface area contributed by atoms with Gasteiger partial charge in [-0.1, -0.05) is 12.1 Å². The van der Waals surface area contributed by atoms with Crippen molar-refractivity contribution in [1.82, 2.24) is 0 Å². The minimum atomic E-state index is -0.200. The Labute approximate surface area is 104 Å². The van der Waals surface area contributed by atoms with Crippen LogP contribution in [0.15, 0.2) is 47.4 Å². The van der Waals surface area contributed by atoms with Crippen LogP contribution in [-0.4, -0.2) is 5.11 Å². The molecule has 0 saturated carbocycles. The first-order valence-electron chi connectivity index (χ1n) is 5.32. The molecular weight excluding hydrogens is 235 g/mol. The molecule has 1 nitrogen and oxygen atoms in total. The molecule has 88 valence electrons. The zero-order valence-electron chi connectivity index (χ0n) is 9.48. The predicted octanol–water partition coefficient (Wildman–Crippen LogP) is 4.13. The molecule has 0 atom stereocenters. The molecule has 0 aliphatic heterocycles. The largest absolute Gasteiger partial charge is 0.508 e. The van der Waals surface area contributed by atoms with Crippen LogP contribution in [0.25, 0.3) is 0 Å². The number of hydrogen-bond donors (Lipinski definition) is 1. The van der Waals surface area contributed by atoms with Crippen molar-refractivity contribution in [3.8, 4) is 5.75 Å². The Morgan fingerprint density at radius 1 is 1.18 bits per heavy atom. The third-order valence-electron chi connectivity index (χ3n) is 2.52. The molecule has 0 aliphatic carbocycles. The molecular formula is C14H13FOS.